The summed E-state index contributed by atoms with van der Waals surface area (Å²) in [5, 5.41) is 0. The first-order valence-electron chi connectivity index (χ1n) is 13.7. The Hall–Kier alpha value is 1.12. The van der Waals surface area contributed by atoms with Crippen LogP contribution in [0.2, 0.25) is 18.0 Å². The second kappa shape index (κ2) is 11.5. The van der Waals surface area contributed by atoms with Crippen LogP contribution in [0.3, 0.4) is 0 Å². The Labute approximate surface area is 252 Å². The summed E-state index contributed by atoms with van der Waals surface area (Å²) in [5.74, 6) is 6.24. The molecule has 34 heavy (non-hydrogen) atoms. The Balaban J connectivity index is 0.00000324. The van der Waals surface area contributed by atoms with Crippen molar-refractivity contribution in [2.75, 3.05) is 34.2 Å². The molecule has 0 spiro atoms. The molecule has 6 heteroatoms. The second-order valence-corrected chi connectivity index (χ2v) is 13.4. The Morgan fingerprint density at radius 1 is 0.824 bits per heavy atom. The molecule has 6 aliphatic carbocycles. The molecule has 8 atom stereocenters. The van der Waals surface area contributed by atoms with Gasteiger partial charge in [0.2, 0.25) is 0 Å². The molecule has 6 saturated carbocycles. The summed E-state index contributed by atoms with van der Waals surface area (Å²) in [6.45, 7) is 16.6. The van der Waals surface area contributed by atoms with Gasteiger partial charge in [0.1, 0.15) is 6.35 Å². The van der Waals surface area contributed by atoms with E-state index < -0.39 is 6.35 Å². The summed E-state index contributed by atoms with van der Waals surface area (Å²) in [4.78, 5) is 0. The Bertz CT molecular complexity index is 669. The molecule has 4 nitrogen and oxygen atoms in total. The monoisotopic (exact) mass is 500 g/mol. The van der Waals surface area contributed by atoms with Gasteiger partial charge in [0.25, 0.3) is 0 Å². The van der Waals surface area contributed by atoms with Gasteiger partial charge in [-0.2, -0.15) is 0 Å². The largest absolute Gasteiger partial charge is 1.00 e. The van der Waals surface area contributed by atoms with Crippen molar-refractivity contribution in [3.63, 3.8) is 0 Å². The van der Waals surface area contributed by atoms with Crippen LogP contribution in [-0.2, 0) is 18.9 Å². The Kier molecular flexibility index (Phi) is 10.0. The number of allylic oxidation sites excluding steroid dienone is 1. The van der Waals surface area contributed by atoms with Crippen LogP contribution in [-0.4, -0.2) is 40.6 Å². The second-order valence-electron chi connectivity index (χ2n) is 13.4. The molecule has 0 amide bonds. The Morgan fingerprint density at radius 2 is 1.35 bits per heavy atom. The van der Waals surface area contributed by atoms with E-state index in [1.165, 1.54) is 25.7 Å². The van der Waals surface area contributed by atoms with Gasteiger partial charge in [-0.1, -0.05) is 72.3 Å². The number of hydrogen-bond donors (Lipinski definition) is 0. The van der Waals surface area contributed by atoms with Gasteiger partial charge >= 0.3 is 51.4 Å². The smallest absolute Gasteiger partial charge is 0.592 e. The van der Waals surface area contributed by atoms with E-state index in [1.807, 2.05) is 13.4 Å². The number of rotatable bonds is 11. The summed E-state index contributed by atoms with van der Waals surface area (Å²) in [6, 6.07) is 0. The number of fused-ring (bicyclic) bond motifs is 4. The fourth-order valence-corrected chi connectivity index (χ4v) is 9.61. The van der Waals surface area contributed by atoms with E-state index in [4.69, 9.17) is 18.9 Å². The molecule has 0 aliphatic heterocycles. The summed E-state index contributed by atoms with van der Waals surface area (Å²) in [6.07, 6.45) is 9.67. The molecule has 6 rings (SSSR count). The van der Waals surface area contributed by atoms with E-state index in [0.29, 0.717) is 35.7 Å². The third kappa shape index (κ3) is 4.95. The summed E-state index contributed by atoms with van der Waals surface area (Å²) < 4.78 is 23.0. The predicted octanol–water partition coefficient (Wildman–Crippen LogP) is 3.88. The van der Waals surface area contributed by atoms with E-state index in [0.717, 1.165) is 41.8 Å². The molecule has 6 fully saturated rings. The van der Waals surface area contributed by atoms with Gasteiger partial charge in [0, 0.05) is 7.11 Å². The molecule has 0 N–H and O–H groups in total. The molecule has 0 aromatic rings. The van der Waals surface area contributed by atoms with Crippen molar-refractivity contribution in [1.82, 2.24) is 0 Å². The summed E-state index contributed by atoms with van der Waals surface area (Å²) in [5.41, 5.74) is 1.01. The van der Waals surface area contributed by atoms with Crippen molar-refractivity contribution in [3.8, 4) is 0 Å². The van der Waals surface area contributed by atoms with E-state index in [-0.39, 0.29) is 58.2 Å². The van der Waals surface area contributed by atoms with Crippen LogP contribution < -0.4 is 51.4 Å². The summed E-state index contributed by atoms with van der Waals surface area (Å²) in [7, 11) is 3.71. The van der Waals surface area contributed by atoms with E-state index >= 15 is 0 Å². The molecule has 0 aromatic carbocycles. The normalized spacial score (nSPS) is 39.6. The Morgan fingerprint density at radius 3 is 1.76 bits per heavy atom. The maximum absolute atomic E-state index is 6.80. The van der Waals surface area contributed by atoms with Crippen molar-refractivity contribution < 1.29 is 70.2 Å². The fourth-order valence-electron chi connectivity index (χ4n) is 9.61. The van der Waals surface area contributed by atoms with Gasteiger partial charge in [-0.15, -0.1) is 18.0 Å². The fraction of sp³-hybridized carbons (Fsp3) is 0.929. The predicted molar refractivity (Wildman–Crippen MR) is 136 cm³/mol. The molecule has 0 aromatic heterocycles. The first-order valence-corrected chi connectivity index (χ1v) is 13.7. The van der Waals surface area contributed by atoms with Crippen LogP contribution in [0, 0.1) is 46.3 Å². The van der Waals surface area contributed by atoms with Crippen LogP contribution in [0.4, 0.5) is 0 Å². The van der Waals surface area contributed by atoms with Crippen LogP contribution in [0.25, 0.3) is 0 Å². The standard InChI is InChI=1S/C28H50BO4.K/c1-19-23-14-21(27(23,3)4)16-25(19)29(31-8,10-9-11-32-18-33-13-12-30-7)26-17-22-15-24(20(26)2)28(22,5)6;/h9,11,19-26H,10,12-18H2,1-8H3;/q-1;+1/b11-9-;/t19-,20-,21+,22+,23-,24-,25-,26-;/m1./s1. The van der Waals surface area contributed by atoms with Crippen LogP contribution in [0.15, 0.2) is 12.3 Å². The number of methoxy groups -OCH3 is 1. The summed E-state index contributed by atoms with van der Waals surface area (Å²) >= 11 is 0. The minimum absolute atomic E-state index is 0. The molecule has 0 heterocycles. The maximum atomic E-state index is 6.80. The first kappa shape index (κ1) is 29.7. The molecule has 0 unspecified atom stereocenters. The molecule has 0 saturated heterocycles. The van der Waals surface area contributed by atoms with Gasteiger partial charge in [-0.05, 0) is 54.5 Å². The minimum atomic E-state index is -0.978. The molecule has 4 bridgehead atoms. The average molecular weight is 501 g/mol. The van der Waals surface area contributed by atoms with E-state index in [2.05, 4.69) is 47.6 Å². The van der Waals surface area contributed by atoms with Gasteiger partial charge in [-0.3, -0.25) is 0 Å². The van der Waals surface area contributed by atoms with Gasteiger partial charge in [0.15, 0.2) is 6.79 Å². The zero-order valence-corrected chi connectivity index (χ0v) is 26.8. The third-order valence-corrected chi connectivity index (χ3v) is 12.0. The van der Waals surface area contributed by atoms with Gasteiger partial charge < -0.3 is 18.9 Å². The number of ether oxygens (including phenoxy) is 3. The maximum Gasteiger partial charge on any atom is 1.00 e. The van der Waals surface area contributed by atoms with E-state index in [9.17, 15) is 0 Å². The number of hydrogen-bond acceptors (Lipinski definition) is 4. The third-order valence-electron chi connectivity index (χ3n) is 12.0. The van der Waals surface area contributed by atoms with E-state index in [1.54, 1.807) is 7.11 Å². The van der Waals surface area contributed by atoms with Crippen molar-refractivity contribution in [3.05, 3.63) is 12.3 Å². The SMILES string of the molecule is COCCOCO/C=C\C[B-](OC)([C@@H]1C[C@@H]2C[C@H]([C@H]1C)C2(C)C)[C@@H]1C[C@@H]2C[C@H]([C@H]1C)C2(C)C.[K+]. The molecular formula is C28H50BKO4. The zero-order valence-electron chi connectivity index (χ0n) is 23.6. The molecule has 0 radical (unpaired) electrons. The van der Waals surface area contributed by atoms with Crippen LogP contribution in [0.5, 0.6) is 0 Å². The van der Waals surface area contributed by atoms with Gasteiger partial charge in [-0.25, -0.2) is 0 Å². The minimum Gasteiger partial charge on any atom is -0.592 e. The zero-order chi connectivity index (χ0) is 24.0. The molecule has 6 aliphatic rings. The van der Waals surface area contributed by atoms with Gasteiger partial charge in [0.05, 0.1) is 19.5 Å². The van der Waals surface area contributed by atoms with Crippen molar-refractivity contribution in [1.29, 1.82) is 0 Å². The van der Waals surface area contributed by atoms with Crippen molar-refractivity contribution in [2.45, 2.75) is 85.2 Å². The van der Waals surface area contributed by atoms with Crippen molar-refractivity contribution >= 4 is 6.35 Å². The topological polar surface area (TPSA) is 36.9 Å². The van der Waals surface area contributed by atoms with Crippen molar-refractivity contribution in [2.24, 2.45) is 46.3 Å². The average Bonchev–Trinajstić information content (AvgIpc) is 2.78. The molecular weight excluding hydrogens is 450 g/mol. The molecule has 190 valence electrons. The van der Waals surface area contributed by atoms with Crippen LogP contribution >= 0.6 is 0 Å². The van der Waals surface area contributed by atoms with Crippen LogP contribution in [0.1, 0.15) is 67.2 Å². The quantitative estimate of drug-likeness (QED) is 0.187. The first-order chi connectivity index (χ1) is 15.6.